The van der Waals surface area contributed by atoms with Crippen molar-refractivity contribution in [3.05, 3.63) is 101 Å². The molecule has 3 aromatic rings. The van der Waals surface area contributed by atoms with E-state index in [2.05, 4.69) is 5.10 Å². The molecular weight excluding hydrogens is 488 g/mol. The lowest BCUT2D eigenvalue weighted by molar-refractivity contribution is -0.157. The highest BCUT2D eigenvalue weighted by Gasteiger charge is 2.45. The van der Waals surface area contributed by atoms with Gasteiger partial charge in [-0.1, -0.05) is 79.0 Å². The topological polar surface area (TPSA) is 68.2 Å². The van der Waals surface area contributed by atoms with E-state index in [-0.39, 0.29) is 24.5 Å². The van der Waals surface area contributed by atoms with Crippen LogP contribution >= 0.6 is 11.6 Å². The maximum atomic E-state index is 13.4. The summed E-state index contributed by atoms with van der Waals surface area (Å²) in [6.45, 7) is -0.369. The molecule has 190 valence electrons. The highest BCUT2D eigenvalue weighted by molar-refractivity contribution is 6.30. The van der Waals surface area contributed by atoms with Gasteiger partial charge in [0.15, 0.2) is 6.61 Å². The lowest BCUT2D eigenvalue weighted by Crippen LogP contribution is -2.38. The van der Waals surface area contributed by atoms with Crippen LogP contribution in [0, 0.1) is 0 Å². The number of carbonyl (C=O) groups is 2. The Morgan fingerprint density at radius 2 is 1.65 bits per heavy atom. The summed E-state index contributed by atoms with van der Waals surface area (Å²) in [4.78, 5) is 26.8. The number of rotatable bonds is 7. The number of halogens is 1. The number of methoxy groups -OCH3 is 1. The van der Waals surface area contributed by atoms with E-state index in [1.807, 2.05) is 66.7 Å². The van der Waals surface area contributed by atoms with Crippen LogP contribution in [0.3, 0.4) is 0 Å². The Labute approximate surface area is 221 Å². The van der Waals surface area contributed by atoms with Crippen LogP contribution in [0.1, 0.15) is 54.8 Å². The molecule has 7 heteroatoms. The van der Waals surface area contributed by atoms with Crippen molar-refractivity contribution < 1.29 is 19.1 Å². The molecule has 0 saturated heterocycles. The number of benzene rings is 3. The van der Waals surface area contributed by atoms with Crippen LogP contribution in [0.15, 0.2) is 84.0 Å². The molecule has 1 aliphatic carbocycles. The van der Waals surface area contributed by atoms with Gasteiger partial charge in [0.2, 0.25) is 0 Å². The SMILES string of the molecule is COc1ccc(C2CC(c3ccccc3)=NN2C(=O)COC(=O)C2(c3ccc(Cl)cc3)CCCC2)cc1. The van der Waals surface area contributed by atoms with Crippen molar-refractivity contribution >= 4 is 29.2 Å². The van der Waals surface area contributed by atoms with E-state index in [4.69, 9.17) is 21.1 Å². The van der Waals surface area contributed by atoms with Gasteiger partial charge in [-0.3, -0.25) is 9.59 Å². The fourth-order valence-corrected chi connectivity index (χ4v) is 5.45. The third kappa shape index (κ3) is 5.12. The predicted molar refractivity (Wildman–Crippen MR) is 143 cm³/mol. The first-order valence-corrected chi connectivity index (χ1v) is 12.9. The highest BCUT2D eigenvalue weighted by atomic mass is 35.5. The Hall–Kier alpha value is -3.64. The Morgan fingerprint density at radius 3 is 2.30 bits per heavy atom. The molecule has 1 heterocycles. The van der Waals surface area contributed by atoms with Gasteiger partial charge in [-0.05, 0) is 53.8 Å². The molecule has 0 aromatic heterocycles. The number of carbonyl (C=O) groups excluding carboxylic acids is 2. The fourth-order valence-electron chi connectivity index (χ4n) is 5.32. The quantitative estimate of drug-likeness (QED) is 0.357. The van der Waals surface area contributed by atoms with Crippen molar-refractivity contribution in [2.24, 2.45) is 5.10 Å². The van der Waals surface area contributed by atoms with Crippen molar-refractivity contribution in [1.29, 1.82) is 0 Å². The first kappa shape index (κ1) is 25.0. The van der Waals surface area contributed by atoms with E-state index in [0.29, 0.717) is 24.3 Å². The van der Waals surface area contributed by atoms with E-state index in [0.717, 1.165) is 41.0 Å². The number of hydrazone groups is 1. The second-order valence-corrected chi connectivity index (χ2v) is 9.95. The average Bonchev–Trinajstić information content (AvgIpc) is 3.62. The molecular formula is C30H29ClN2O4. The Kier molecular flexibility index (Phi) is 7.28. The van der Waals surface area contributed by atoms with Crippen LogP contribution < -0.4 is 4.74 Å². The molecule has 1 unspecified atom stereocenters. The Balaban J connectivity index is 1.36. The van der Waals surface area contributed by atoms with E-state index < -0.39 is 5.41 Å². The first-order valence-electron chi connectivity index (χ1n) is 12.5. The van der Waals surface area contributed by atoms with Gasteiger partial charge in [0.1, 0.15) is 5.75 Å². The summed E-state index contributed by atoms with van der Waals surface area (Å²) in [6.07, 6.45) is 3.81. The zero-order chi connectivity index (χ0) is 25.8. The van der Waals surface area contributed by atoms with Crippen LogP contribution in [0.25, 0.3) is 0 Å². The van der Waals surface area contributed by atoms with Crippen molar-refractivity contribution in [1.82, 2.24) is 5.01 Å². The number of hydrogen-bond donors (Lipinski definition) is 0. The van der Waals surface area contributed by atoms with Gasteiger partial charge in [-0.15, -0.1) is 0 Å². The van der Waals surface area contributed by atoms with Crippen molar-refractivity contribution in [2.75, 3.05) is 13.7 Å². The zero-order valence-electron chi connectivity index (χ0n) is 20.7. The maximum Gasteiger partial charge on any atom is 0.317 e. The molecule has 0 radical (unpaired) electrons. The summed E-state index contributed by atoms with van der Waals surface area (Å²) in [5.41, 5.74) is 2.84. The molecule has 37 heavy (non-hydrogen) atoms. The normalized spacial score (nSPS) is 18.4. The molecule has 6 nitrogen and oxygen atoms in total. The van der Waals surface area contributed by atoms with Gasteiger partial charge < -0.3 is 9.47 Å². The van der Waals surface area contributed by atoms with Crippen molar-refractivity contribution in [3.63, 3.8) is 0 Å². The second-order valence-electron chi connectivity index (χ2n) is 9.52. The monoisotopic (exact) mass is 516 g/mol. The van der Waals surface area contributed by atoms with E-state index in [1.54, 1.807) is 19.2 Å². The van der Waals surface area contributed by atoms with E-state index in [9.17, 15) is 9.59 Å². The number of esters is 1. The summed E-state index contributed by atoms with van der Waals surface area (Å²) in [7, 11) is 1.62. The van der Waals surface area contributed by atoms with Crippen LogP contribution in [0.4, 0.5) is 0 Å². The number of ether oxygens (including phenoxy) is 2. The maximum absolute atomic E-state index is 13.4. The second kappa shape index (κ2) is 10.8. The molecule has 2 aliphatic rings. The van der Waals surface area contributed by atoms with Gasteiger partial charge in [-0.25, -0.2) is 5.01 Å². The largest absolute Gasteiger partial charge is 0.497 e. The van der Waals surface area contributed by atoms with Crippen LogP contribution in [0.2, 0.25) is 5.02 Å². The molecule has 0 bridgehead atoms. The van der Waals surface area contributed by atoms with Gasteiger partial charge in [0.25, 0.3) is 5.91 Å². The van der Waals surface area contributed by atoms with Crippen LogP contribution in [0.5, 0.6) is 5.75 Å². The molecule has 0 spiro atoms. The summed E-state index contributed by atoms with van der Waals surface area (Å²) in [5.74, 6) is 0.0132. The highest BCUT2D eigenvalue weighted by Crippen LogP contribution is 2.42. The smallest absolute Gasteiger partial charge is 0.317 e. The summed E-state index contributed by atoms with van der Waals surface area (Å²) >= 11 is 6.07. The summed E-state index contributed by atoms with van der Waals surface area (Å²) in [6, 6.07) is 24.5. The summed E-state index contributed by atoms with van der Waals surface area (Å²) in [5, 5.41) is 6.76. The van der Waals surface area contributed by atoms with E-state index >= 15 is 0 Å². The molecule has 3 aromatic carbocycles. The Morgan fingerprint density at radius 1 is 0.973 bits per heavy atom. The van der Waals surface area contributed by atoms with Crippen molar-refractivity contribution in [2.45, 2.75) is 43.6 Å². The van der Waals surface area contributed by atoms with Gasteiger partial charge in [0.05, 0.1) is 24.3 Å². The molecule has 1 saturated carbocycles. The minimum absolute atomic E-state index is 0.302. The minimum atomic E-state index is -0.746. The lowest BCUT2D eigenvalue weighted by atomic mass is 9.79. The van der Waals surface area contributed by atoms with Crippen LogP contribution in [-0.4, -0.2) is 36.3 Å². The minimum Gasteiger partial charge on any atom is -0.497 e. The van der Waals surface area contributed by atoms with Gasteiger partial charge in [-0.2, -0.15) is 5.10 Å². The lowest BCUT2D eigenvalue weighted by Gasteiger charge is -2.28. The van der Waals surface area contributed by atoms with Gasteiger partial charge in [0, 0.05) is 11.4 Å². The molecule has 1 fully saturated rings. The van der Waals surface area contributed by atoms with Crippen molar-refractivity contribution in [3.8, 4) is 5.75 Å². The molecule has 1 atom stereocenters. The predicted octanol–water partition coefficient (Wildman–Crippen LogP) is 6.08. The number of amides is 1. The number of nitrogens with zero attached hydrogens (tertiary/aromatic N) is 2. The Bertz CT molecular complexity index is 1280. The van der Waals surface area contributed by atoms with Crippen LogP contribution in [-0.2, 0) is 19.7 Å². The standard InChI is InChI=1S/C30H29ClN2O4/c1-36-25-15-9-22(10-16-25)27-19-26(21-7-3-2-4-8-21)32-33(27)28(34)20-37-29(35)30(17-5-6-18-30)23-11-13-24(31)14-12-23/h2-4,7-16,27H,5-6,17-20H2,1H3. The molecule has 1 amide bonds. The molecule has 0 N–H and O–H groups in total. The van der Waals surface area contributed by atoms with E-state index in [1.165, 1.54) is 5.01 Å². The third-order valence-electron chi connectivity index (χ3n) is 7.34. The van der Waals surface area contributed by atoms with Gasteiger partial charge >= 0.3 is 5.97 Å². The number of hydrogen-bond acceptors (Lipinski definition) is 5. The zero-order valence-corrected chi connectivity index (χ0v) is 21.5. The average molecular weight is 517 g/mol. The third-order valence-corrected chi connectivity index (χ3v) is 7.60. The molecule has 1 aliphatic heterocycles. The fraction of sp³-hybridized carbons (Fsp3) is 0.300. The molecule has 5 rings (SSSR count). The summed E-state index contributed by atoms with van der Waals surface area (Å²) < 4.78 is 11.0. The first-order chi connectivity index (χ1) is 18.0.